The summed E-state index contributed by atoms with van der Waals surface area (Å²) in [7, 11) is 1.62. The molecule has 0 radical (unpaired) electrons. The Hall–Kier alpha value is -3.68. The van der Waals surface area contributed by atoms with Crippen LogP contribution in [0, 0.1) is 5.82 Å². The molecule has 2 aromatic heterocycles. The van der Waals surface area contributed by atoms with Crippen LogP contribution in [0.4, 0.5) is 10.1 Å². The second-order valence-electron chi connectivity index (χ2n) is 8.50. The van der Waals surface area contributed by atoms with Gasteiger partial charge in [-0.05, 0) is 49.9 Å². The van der Waals surface area contributed by atoms with Crippen LogP contribution in [0.25, 0.3) is 33.4 Å². The SMILES string of the molecule is CCn1cnc2c(-c3ccc(F)c(-c4cc5c(cc4OC)N(C4CCC4)CO5)c3)cnnc21. The van der Waals surface area contributed by atoms with Gasteiger partial charge in [0.25, 0.3) is 0 Å². The Morgan fingerprint density at radius 3 is 2.79 bits per heavy atom. The number of halogens is 1. The molecule has 2 aromatic carbocycles. The Bertz CT molecular complexity index is 1360. The van der Waals surface area contributed by atoms with Crippen molar-refractivity contribution in [3.63, 3.8) is 0 Å². The lowest BCUT2D eigenvalue weighted by atomic mass is 9.91. The summed E-state index contributed by atoms with van der Waals surface area (Å²) in [6.07, 6.45) is 7.02. The van der Waals surface area contributed by atoms with Gasteiger partial charge in [0, 0.05) is 35.3 Å². The van der Waals surface area contributed by atoms with E-state index in [-0.39, 0.29) is 5.82 Å². The van der Waals surface area contributed by atoms with Crippen molar-refractivity contribution in [1.82, 2.24) is 19.7 Å². The first-order chi connectivity index (χ1) is 16.2. The summed E-state index contributed by atoms with van der Waals surface area (Å²) in [6, 6.07) is 9.40. The maximum Gasteiger partial charge on any atom is 0.183 e. The fourth-order valence-electron chi connectivity index (χ4n) is 4.69. The Kier molecular flexibility index (Phi) is 4.67. The topological polar surface area (TPSA) is 65.3 Å². The second kappa shape index (κ2) is 7.72. The van der Waals surface area contributed by atoms with Crippen LogP contribution >= 0.6 is 0 Å². The Labute approximate surface area is 190 Å². The molecule has 168 valence electrons. The molecule has 0 bridgehead atoms. The summed E-state index contributed by atoms with van der Waals surface area (Å²) < 4.78 is 28.7. The molecule has 3 heterocycles. The molecule has 8 heteroatoms. The van der Waals surface area contributed by atoms with E-state index in [0.717, 1.165) is 34.6 Å². The zero-order valence-corrected chi connectivity index (χ0v) is 18.6. The zero-order chi connectivity index (χ0) is 22.5. The highest BCUT2D eigenvalue weighted by Gasteiger charge is 2.32. The molecule has 0 N–H and O–H groups in total. The number of rotatable bonds is 5. The molecule has 4 aromatic rings. The quantitative estimate of drug-likeness (QED) is 0.429. The number of aromatic nitrogens is 4. The Morgan fingerprint density at radius 2 is 2.03 bits per heavy atom. The van der Waals surface area contributed by atoms with Crippen LogP contribution < -0.4 is 14.4 Å². The predicted molar refractivity (Wildman–Crippen MR) is 124 cm³/mol. The average molecular weight is 445 g/mol. The van der Waals surface area contributed by atoms with Crippen molar-refractivity contribution in [2.45, 2.75) is 38.8 Å². The monoisotopic (exact) mass is 445 g/mol. The zero-order valence-electron chi connectivity index (χ0n) is 18.6. The fourth-order valence-corrected chi connectivity index (χ4v) is 4.69. The van der Waals surface area contributed by atoms with E-state index in [1.807, 2.05) is 29.7 Å². The minimum Gasteiger partial charge on any atom is -0.496 e. The first-order valence-electron chi connectivity index (χ1n) is 11.3. The number of hydrogen-bond donors (Lipinski definition) is 0. The Morgan fingerprint density at radius 1 is 1.15 bits per heavy atom. The summed E-state index contributed by atoms with van der Waals surface area (Å²) in [5.74, 6) is 1.05. The smallest absolute Gasteiger partial charge is 0.183 e. The third-order valence-corrected chi connectivity index (χ3v) is 6.78. The van der Waals surface area contributed by atoms with Crippen LogP contribution in [0.1, 0.15) is 26.2 Å². The lowest BCUT2D eigenvalue weighted by Crippen LogP contribution is -2.39. The molecule has 0 amide bonds. The molecule has 0 atom stereocenters. The van der Waals surface area contributed by atoms with Gasteiger partial charge < -0.3 is 18.9 Å². The van der Waals surface area contributed by atoms with Crippen molar-refractivity contribution in [3.8, 4) is 33.8 Å². The normalized spacial score (nSPS) is 15.4. The molecule has 33 heavy (non-hydrogen) atoms. The van der Waals surface area contributed by atoms with Crippen LogP contribution in [0.15, 0.2) is 42.9 Å². The van der Waals surface area contributed by atoms with Gasteiger partial charge in [-0.25, -0.2) is 9.37 Å². The van der Waals surface area contributed by atoms with Crippen molar-refractivity contribution in [1.29, 1.82) is 0 Å². The van der Waals surface area contributed by atoms with Gasteiger partial charge in [0.05, 0.1) is 25.3 Å². The minimum atomic E-state index is -0.330. The lowest BCUT2D eigenvalue weighted by molar-refractivity contribution is 0.298. The van der Waals surface area contributed by atoms with E-state index in [4.69, 9.17) is 9.47 Å². The molecule has 0 saturated heterocycles. The summed E-state index contributed by atoms with van der Waals surface area (Å²) in [5, 5.41) is 8.39. The van der Waals surface area contributed by atoms with Gasteiger partial charge in [-0.3, -0.25) is 0 Å². The number of ether oxygens (including phenoxy) is 2. The van der Waals surface area contributed by atoms with E-state index in [9.17, 15) is 0 Å². The number of methoxy groups -OCH3 is 1. The summed E-state index contributed by atoms with van der Waals surface area (Å²) in [6.45, 7) is 3.29. The molecule has 0 spiro atoms. The summed E-state index contributed by atoms with van der Waals surface area (Å²) in [5.41, 5.74) is 5.18. The van der Waals surface area contributed by atoms with Crippen LogP contribution in [0.2, 0.25) is 0 Å². The first-order valence-corrected chi connectivity index (χ1v) is 11.3. The standard InChI is InChI=1S/C25H24FN5O2/c1-3-30-13-27-24-19(12-28-29-25(24)30)15-7-8-20(26)17(9-15)18-10-23-21(11-22(18)32-2)31(14-33-23)16-5-4-6-16/h7-13,16H,3-6,14H2,1-2H3. The number of aryl methyl sites for hydroxylation is 1. The largest absolute Gasteiger partial charge is 0.496 e. The van der Waals surface area contributed by atoms with E-state index < -0.39 is 0 Å². The van der Waals surface area contributed by atoms with Gasteiger partial charge in [-0.2, -0.15) is 5.10 Å². The van der Waals surface area contributed by atoms with E-state index in [2.05, 4.69) is 20.1 Å². The Balaban J connectivity index is 1.47. The van der Waals surface area contributed by atoms with Gasteiger partial charge in [0.2, 0.25) is 0 Å². The maximum atomic E-state index is 15.1. The third-order valence-electron chi connectivity index (χ3n) is 6.78. The number of fused-ring (bicyclic) bond motifs is 2. The minimum absolute atomic E-state index is 0.330. The predicted octanol–water partition coefficient (Wildman–Crippen LogP) is 5.04. The summed E-state index contributed by atoms with van der Waals surface area (Å²) >= 11 is 0. The average Bonchev–Trinajstić information content (AvgIpc) is 3.41. The highest BCUT2D eigenvalue weighted by Crippen LogP contribution is 2.47. The number of hydrogen-bond acceptors (Lipinski definition) is 6. The molecule has 1 fully saturated rings. The molecule has 1 aliphatic heterocycles. The van der Waals surface area contributed by atoms with Crippen LogP contribution in [0.5, 0.6) is 11.5 Å². The lowest BCUT2D eigenvalue weighted by Gasteiger charge is -2.35. The summed E-state index contributed by atoms with van der Waals surface area (Å²) in [4.78, 5) is 6.81. The van der Waals surface area contributed by atoms with E-state index in [1.165, 1.54) is 25.3 Å². The molecule has 1 saturated carbocycles. The van der Waals surface area contributed by atoms with Crippen molar-refractivity contribution in [2.75, 3.05) is 18.7 Å². The number of nitrogens with zero attached hydrogens (tertiary/aromatic N) is 5. The first kappa shape index (κ1) is 20.0. The molecule has 2 aliphatic rings. The van der Waals surface area contributed by atoms with Crippen molar-refractivity contribution in [3.05, 3.63) is 48.7 Å². The molecule has 0 unspecified atom stereocenters. The van der Waals surface area contributed by atoms with Crippen molar-refractivity contribution < 1.29 is 13.9 Å². The molecular formula is C25H24FN5O2. The van der Waals surface area contributed by atoms with Crippen molar-refractivity contribution >= 4 is 16.9 Å². The number of anilines is 1. The van der Waals surface area contributed by atoms with Crippen molar-refractivity contribution in [2.24, 2.45) is 0 Å². The molecule has 6 rings (SSSR count). The van der Waals surface area contributed by atoms with Crippen LogP contribution in [0.3, 0.4) is 0 Å². The van der Waals surface area contributed by atoms with E-state index in [0.29, 0.717) is 35.3 Å². The van der Waals surface area contributed by atoms with Gasteiger partial charge in [-0.1, -0.05) is 6.07 Å². The van der Waals surface area contributed by atoms with Gasteiger partial charge >= 0.3 is 0 Å². The third kappa shape index (κ3) is 3.12. The molecule has 1 aliphatic carbocycles. The highest BCUT2D eigenvalue weighted by molar-refractivity contribution is 5.91. The maximum absolute atomic E-state index is 15.1. The van der Waals surface area contributed by atoms with Crippen LogP contribution in [-0.4, -0.2) is 39.6 Å². The molecule has 7 nitrogen and oxygen atoms in total. The van der Waals surface area contributed by atoms with Gasteiger partial charge in [0.1, 0.15) is 22.8 Å². The van der Waals surface area contributed by atoms with Crippen LogP contribution in [-0.2, 0) is 6.54 Å². The van der Waals surface area contributed by atoms with E-state index in [1.54, 1.807) is 25.7 Å². The second-order valence-corrected chi connectivity index (χ2v) is 8.50. The number of benzene rings is 2. The van der Waals surface area contributed by atoms with Gasteiger partial charge in [-0.15, -0.1) is 5.10 Å². The van der Waals surface area contributed by atoms with Gasteiger partial charge in [0.15, 0.2) is 12.4 Å². The van der Waals surface area contributed by atoms with E-state index >= 15 is 4.39 Å². The highest BCUT2D eigenvalue weighted by atomic mass is 19.1. The fraction of sp³-hybridized carbons (Fsp3) is 0.320. The molecular weight excluding hydrogens is 421 g/mol. The number of imidazole rings is 1.